The van der Waals surface area contributed by atoms with E-state index < -0.39 is 0 Å². The van der Waals surface area contributed by atoms with Crippen LogP contribution in [0, 0.1) is 0 Å². The molecule has 17 heavy (non-hydrogen) atoms. The van der Waals surface area contributed by atoms with Gasteiger partial charge in [-0.3, -0.25) is 9.59 Å². The van der Waals surface area contributed by atoms with Crippen LogP contribution in [0.3, 0.4) is 0 Å². The summed E-state index contributed by atoms with van der Waals surface area (Å²) in [6.45, 7) is 8.03. The molecular weight excluding hydrogens is 236 g/mol. The largest absolute Gasteiger partial charge is 0.346 e. The van der Waals surface area contributed by atoms with Gasteiger partial charge < -0.3 is 10.2 Å². The minimum Gasteiger partial charge on any atom is -0.346 e. The van der Waals surface area contributed by atoms with Gasteiger partial charge in [-0.2, -0.15) is 0 Å². The zero-order chi connectivity index (χ0) is 12.9. The number of rotatable bonds is 4. The molecular formula is C12H22N2O2S. The first-order valence-electron chi connectivity index (χ1n) is 6.07. The first-order chi connectivity index (χ1) is 7.88. The molecule has 0 saturated carbocycles. The van der Waals surface area contributed by atoms with Crippen LogP contribution >= 0.6 is 11.8 Å². The van der Waals surface area contributed by atoms with Crippen molar-refractivity contribution >= 4 is 23.6 Å². The van der Waals surface area contributed by atoms with Crippen LogP contribution in [0.15, 0.2) is 0 Å². The molecule has 0 aromatic rings. The lowest BCUT2D eigenvalue weighted by atomic mass is 10.3. The van der Waals surface area contributed by atoms with Crippen molar-refractivity contribution in [1.82, 2.24) is 10.2 Å². The van der Waals surface area contributed by atoms with Crippen LogP contribution < -0.4 is 5.32 Å². The zero-order valence-corrected chi connectivity index (χ0v) is 11.7. The topological polar surface area (TPSA) is 49.4 Å². The van der Waals surface area contributed by atoms with Crippen LogP contribution in [-0.4, -0.2) is 46.8 Å². The zero-order valence-electron chi connectivity index (χ0n) is 10.9. The van der Waals surface area contributed by atoms with E-state index in [1.54, 1.807) is 11.8 Å². The molecule has 0 unspecified atom stereocenters. The predicted molar refractivity (Wildman–Crippen MR) is 71.0 cm³/mol. The molecule has 0 aromatic heterocycles. The fraction of sp³-hybridized carbons (Fsp3) is 0.833. The summed E-state index contributed by atoms with van der Waals surface area (Å²) < 4.78 is 0.0797. The number of nitrogens with one attached hydrogen (secondary N) is 1. The smallest absolute Gasteiger partial charge is 0.241 e. The van der Waals surface area contributed by atoms with Crippen LogP contribution in [0.4, 0.5) is 0 Å². The molecule has 0 spiro atoms. The van der Waals surface area contributed by atoms with E-state index in [-0.39, 0.29) is 23.1 Å². The molecule has 1 N–H and O–H groups in total. The van der Waals surface area contributed by atoms with Crippen molar-refractivity contribution in [3.05, 3.63) is 0 Å². The van der Waals surface area contributed by atoms with Crippen molar-refractivity contribution in [3.63, 3.8) is 0 Å². The number of likely N-dealkylation sites (tertiary alicyclic amines) is 1. The Morgan fingerprint density at radius 2 is 1.82 bits per heavy atom. The van der Waals surface area contributed by atoms with Gasteiger partial charge in [-0.15, -0.1) is 11.8 Å². The maximum Gasteiger partial charge on any atom is 0.241 e. The monoisotopic (exact) mass is 258 g/mol. The lowest BCUT2D eigenvalue weighted by molar-refractivity contribution is -0.131. The van der Waals surface area contributed by atoms with Crippen molar-refractivity contribution in [1.29, 1.82) is 0 Å². The quantitative estimate of drug-likeness (QED) is 0.826. The fourth-order valence-electron chi connectivity index (χ4n) is 1.59. The Morgan fingerprint density at radius 1 is 1.24 bits per heavy atom. The van der Waals surface area contributed by atoms with Crippen molar-refractivity contribution in [2.45, 2.75) is 38.4 Å². The molecule has 1 fully saturated rings. The van der Waals surface area contributed by atoms with Gasteiger partial charge in [0.25, 0.3) is 0 Å². The second kappa shape index (κ2) is 6.28. The third kappa shape index (κ3) is 5.96. The van der Waals surface area contributed by atoms with E-state index in [2.05, 4.69) is 26.1 Å². The summed E-state index contributed by atoms with van der Waals surface area (Å²) in [5.41, 5.74) is 0. The highest BCUT2D eigenvalue weighted by molar-refractivity contribution is 8.01. The summed E-state index contributed by atoms with van der Waals surface area (Å²) in [4.78, 5) is 25.0. The minimum absolute atomic E-state index is 0.0385. The maximum atomic E-state index is 11.7. The van der Waals surface area contributed by atoms with Gasteiger partial charge in [0.2, 0.25) is 11.8 Å². The highest BCUT2D eigenvalue weighted by Crippen LogP contribution is 2.22. The molecule has 1 rings (SSSR count). The van der Waals surface area contributed by atoms with Gasteiger partial charge in [0.05, 0.1) is 12.3 Å². The van der Waals surface area contributed by atoms with E-state index in [4.69, 9.17) is 0 Å². The molecule has 0 aliphatic carbocycles. The van der Waals surface area contributed by atoms with E-state index in [1.807, 2.05) is 4.90 Å². The molecule has 0 radical (unpaired) electrons. The Morgan fingerprint density at radius 3 is 2.35 bits per heavy atom. The summed E-state index contributed by atoms with van der Waals surface area (Å²) in [5.74, 6) is 0.394. The number of hydrogen-bond donors (Lipinski definition) is 1. The van der Waals surface area contributed by atoms with Gasteiger partial charge in [0.15, 0.2) is 0 Å². The first kappa shape index (κ1) is 14.4. The summed E-state index contributed by atoms with van der Waals surface area (Å²) in [6.07, 6.45) is 2.17. The van der Waals surface area contributed by atoms with Crippen LogP contribution in [0.25, 0.3) is 0 Å². The Hall–Kier alpha value is -0.710. The maximum absolute atomic E-state index is 11.7. The summed E-state index contributed by atoms with van der Waals surface area (Å²) in [7, 11) is 0. The van der Waals surface area contributed by atoms with E-state index >= 15 is 0 Å². The van der Waals surface area contributed by atoms with Gasteiger partial charge >= 0.3 is 0 Å². The number of hydrogen-bond acceptors (Lipinski definition) is 3. The molecule has 1 aliphatic rings. The fourth-order valence-corrected chi connectivity index (χ4v) is 2.25. The van der Waals surface area contributed by atoms with E-state index in [0.717, 1.165) is 25.9 Å². The number of thioether (sulfide) groups is 1. The SMILES string of the molecule is CC(C)(C)SCC(=O)NCC(=O)N1CCCC1. The minimum atomic E-state index is -0.0579. The molecule has 0 bridgehead atoms. The number of amides is 2. The average Bonchev–Trinajstić information content (AvgIpc) is 2.75. The van der Waals surface area contributed by atoms with Crippen LogP contribution in [0.5, 0.6) is 0 Å². The van der Waals surface area contributed by atoms with Crippen LogP contribution in [0.2, 0.25) is 0 Å². The normalized spacial score (nSPS) is 16.1. The van der Waals surface area contributed by atoms with Gasteiger partial charge in [0, 0.05) is 17.8 Å². The third-order valence-electron chi connectivity index (χ3n) is 2.53. The number of nitrogens with zero attached hydrogens (tertiary/aromatic N) is 1. The molecule has 98 valence electrons. The lowest BCUT2D eigenvalue weighted by Gasteiger charge is -2.18. The number of carbonyl (C=O) groups is 2. The molecule has 0 aromatic carbocycles. The molecule has 1 aliphatic heterocycles. The molecule has 0 atom stereocenters. The van der Waals surface area contributed by atoms with E-state index in [9.17, 15) is 9.59 Å². The van der Waals surface area contributed by atoms with Crippen LogP contribution in [0.1, 0.15) is 33.6 Å². The third-order valence-corrected chi connectivity index (χ3v) is 3.80. The average molecular weight is 258 g/mol. The van der Waals surface area contributed by atoms with Crippen molar-refractivity contribution in [2.24, 2.45) is 0 Å². The molecule has 2 amide bonds. The lowest BCUT2D eigenvalue weighted by Crippen LogP contribution is -2.39. The second-order valence-corrected chi connectivity index (χ2v) is 7.07. The van der Waals surface area contributed by atoms with Crippen molar-refractivity contribution in [2.75, 3.05) is 25.4 Å². The van der Waals surface area contributed by atoms with Gasteiger partial charge in [-0.05, 0) is 12.8 Å². The van der Waals surface area contributed by atoms with Gasteiger partial charge in [0.1, 0.15) is 0 Å². The Labute approximate surface area is 108 Å². The Kier molecular flexibility index (Phi) is 5.31. The highest BCUT2D eigenvalue weighted by Gasteiger charge is 2.18. The van der Waals surface area contributed by atoms with E-state index in [0.29, 0.717) is 5.75 Å². The number of carbonyl (C=O) groups excluding carboxylic acids is 2. The van der Waals surface area contributed by atoms with Crippen molar-refractivity contribution in [3.8, 4) is 0 Å². The van der Waals surface area contributed by atoms with Gasteiger partial charge in [-0.25, -0.2) is 0 Å². The molecule has 5 heteroatoms. The van der Waals surface area contributed by atoms with Gasteiger partial charge in [-0.1, -0.05) is 20.8 Å². The first-order valence-corrected chi connectivity index (χ1v) is 7.05. The Bertz CT molecular complexity index is 281. The van der Waals surface area contributed by atoms with Crippen LogP contribution in [-0.2, 0) is 9.59 Å². The molecule has 1 heterocycles. The Balaban J connectivity index is 2.17. The highest BCUT2D eigenvalue weighted by atomic mass is 32.2. The predicted octanol–water partition coefficient (Wildman–Crippen LogP) is 1.26. The van der Waals surface area contributed by atoms with E-state index in [1.165, 1.54) is 0 Å². The summed E-state index contributed by atoms with van der Waals surface area (Å²) in [6, 6.07) is 0. The van der Waals surface area contributed by atoms with Crippen molar-refractivity contribution < 1.29 is 9.59 Å². The molecule has 4 nitrogen and oxygen atoms in total. The standard InChI is InChI=1S/C12H22N2O2S/c1-12(2,3)17-9-10(15)13-8-11(16)14-6-4-5-7-14/h4-9H2,1-3H3,(H,13,15). The molecule has 1 saturated heterocycles. The summed E-state index contributed by atoms with van der Waals surface area (Å²) >= 11 is 1.59. The summed E-state index contributed by atoms with van der Waals surface area (Å²) in [5, 5.41) is 2.68. The second-order valence-electron chi connectivity index (χ2n) is 5.27.